The predicted octanol–water partition coefficient (Wildman–Crippen LogP) is 2.61. The maximum absolute atomic E-state index is 11.7. The molecule has 1 unspecified atom stereocenters. The lowest BCUT2D eigenvalue weighted by Gasteiger charge is -2.09. The summed E-state index contributed by atoms with van der Waals surface area (Å²) in [6.45, 7) is -0.00664. The van der Waals surface area contributed by atoms with Crippen LogP contribution in [-0.4, -0.2) is 30.9 Å². The fraction of sp³-hybridized carbons (Fsp3) is 0.273. The molecule has 0 aliphatic carbocycles. The number of halogens is 3. The highest BCUT2D eigenvalue weighted by Crippen LogP contribution is 2.23. The molecule has 98 valence electrons. The molecule has 0 saturated heterocycles. The van der Waals surface area contributed by atoms with Gasteiger partial charge in [0.2, 0.25) is 0 Å². The fourth-order valence-electron chi connectivity index (χ4n) is 1.13. The highest BCUT2D eigenvalue weighted by Gasteiger charge is 2.17. The highest BCUT2D eigenvalue weighted by atomic mass is 79.9. The molecule has 0 aliphatic rings. The third-order valence-electron chi connectivity index (χ3n) is 2.08. The number of carbonyl (C=O) groups excluding carboxylic acids is 2. The molecule has 1 atom stereocenters. The topological polar surface area (TPSA) is 55.4 Å². The molecule has 1 amide bonds. The summed E-state index contributed by atoms with van der Waals surface area (Å²) in [5.41, 5.74) is 0.417. The van der Waals surface area contributed by atoms with Crippen molar-refractivity contribution >= 4 is 51.0 Å². The van der Waals surface area contributed by atoms with Gasteiger partial charge in [0.05, 0.1) is 12.1 Å². The molecule has 0 bridgehead atoms. The maximum atomic E-state index is 11.7. The average molecular weight is 355 g/mol. The third-order valence-corrected chi connectivity index (χ3v) is 3.63. The number of alkyl halides is 1. The minimum Gasteiger partial charge on any atom is -0.468 e. The molecule has 0 saturated carbocycles. The van der Waals surface area contributed by atoms with Crippen LogP contribution in [0.3, 0.4) is 0 Å². The van der Waals surface area contributed by atoms with Crippen molar-refractivity contribution in [2.45, 2.75) is 5.38 Å². The van der Waals surface area contributed by atoms with Gasteiger partial charge < -0.3 is 10.1 Å². The lowest BCUT2D eigenvalue weighted by molar-refractivity contribution is -0.140. The number of hydrogen-bond donors (Lipinski definition) is 1. The minimum absolute atomic E-state index is 0.00664. The van der Waals surface area contributed by atoms with Gasteiger partial charge in [0, 0.05) is 16.6 Å². The molecule has 18 heavy (non-hydrogen) atoms. The molecule has 0 radical (unpaired) electrons. The number of carbonyl (C=O) groups is 2. The summed E-state index contributed by atoms with van der Waals surface area (Å²) >= 11 is 14.7. The van der Waals surface area contributed by atoms with Crippen molar-refractivity contribution in [3.05, 3.63) is 33.3 Å². The van der Waals surface area contributed by atoms with Crippen LogP contribution in [0.25, 0.3) is 0 Å². The molecule has 1 aromatic carbocycles. The molecule has 0 aliphatic heterocycles. The first kappa shape index (κ1) is 15.3. The Bertz CT molecular complexity index is 468. The van der Waals surface area contributed by atoms with Gasteiger partial charge in [0.15, 0.2) is 0 Å². The molecule has 4 nitrogen and oxygen atoms in total. The van der Waals surface area contributed by atoms with Crippen LogP contribution in [-0.2, 0) is 9.53 Å². The summed E-state index contributed by atoms with van der Waals surface area (Å²) in [6.07, 6.45) is 0. The van der Waals surface area contributed by atoms with Gasteiger partial charge in [-0.25, -0.2) is 0 Å². The quantitative estimate of drug-likeness (QED) is 0.668. The van der Waals surface area contributed by atoms with E-state index < -0.39 is 11.3 Å². The number of amides is 1. The second kappa shape index (κ2) is 6.97. The molecular formula is C11H10BrCl2NO3. The highest BCUT2D eigenvalue weighted by molar-refractivity contribution is 9.10. The number of nitrogens with one attached hydrogen (secondary N) is 1. The molecular weight excluding hydrogens is 345 g/mol. The van der Waals surface area contributed by atoms with E-state index in [4.69, 9.17) is 23.2 Å². The normalized spacial score (nSPS) is 11.8. The van der Waals surface area contributed by atoms with Gasteiger partial charge in [-0.05, 0) is 34.1 Å². The number of methoxy groups -OCH3 is 1. The zero-order valence-corrected chi connectivity index (χ0v) is 12.5. The van der Waals surface area contributed by atoms with Crippen LogP contribution in [0.1, 0.15) is 10.4 Å². The molecule has 1 aromatic rings. The van der Waals surface area contributed by atoms with E-state index in [0.29, 0.717) is 15.1 Å². The van der Waals surface area contributed by atoms with Gasteiger partial charge in [0.1, 0.15) is 5.38 Å². The monoisotopic (exact) mass is 353 g/mol. The average Bonchev–Trinajstić information content (AvgIpc) is 2.37. The molecule has 7 heteroatoms. The van der Waals surface area contributed by atoms with E-state index in [2.05, 4.69) is 26.0 Å². The van der Waals surface area contributed by atoms with E-state index in [1.807, 2.05) is 0 Å². The standard InChI is InChI=1S/C11H10BrCl2NO3/c1-18-11(17)9(14)5-15-10(16)6-2-3-8(13)7(12)4-6/h2-4,9H,5H2,1H3,(H,15,16). The van der Waals surface area contributed by atoms with Crippen LogP contribution in [0.4, 0.5) is 0 Å². The van der Waals surface area contributed by atoms with Crippen molar-refractivity contribution in [3.8, 4) is 0 Å². The number of hydrogen-bond acceptors (Lipinski definition) is 3. The zero-order valence-electron chi connectivity index (χ0n) is 9.38. The number of rotatable bonds is 4. The summed E-state index contributed by atoms with van der Waals surface area (Å²) in [7, 11) is 1.23. The third kappa shape index (κ3) is 4.15. The fourth-order valence-corrected chi connectivity index (χ4v) is 1.80. The number of ether oxygens (including phenoxy) is 1. The van der Waals surface area contributed by atoms with E-state index in [0.717, 1.165) is 0 Å². The number of esters is 1. The van der Waals surface area contributed by atoms with Crippen LogP contribution in [0.15, 0.2) is 22.7 Å². The van der Waals surface area contributed by atoms with Crippen LogP contribution < -0.4 is 5.32 Å². The van der Waals surface area contributed by atoms with Crippen molar-refractivity contribution in [2.24, 2.45) is 0 Å². The summed E-state index contributed by atoms with van der Waals surface area (Å²) in [5.74, 6) is -0.934. The Morgan fingerprint density at radius 2 is 2.17 bits per heavy atom. The lowest BCUT2D eigenvalue weighted by Crippen LogP contribution is -2.34. The van der Waals surface area contributed by atoms with Crippen LogP contribution >= 0.6 is 39.1 Å². The zero-order chi connectivity index (χ0) is 13.7. The largest absolute Gasteiger partial charge is 0.468 e. The van der Waals surface area contributed by atoms with Crippen LogP contribution in [0.2, 0.25) is 5.02 Å². The van der Waals surface area contributed by atoms with Crippen molar-refractivity contribution in [2.75, 3.05) is 13.7 Å². The van der Waals surface area contributed by atoms with E-state index in [-0.39, 0.29) is 12.5 Å². The minimum atomic E-state index is -0.908. The van der Waals surface area contributed by atoms with Crippen molar-refractivity contribution in [1.29, 1.82) is 0 Å². The summed E-state index contributed by atoms with van der Waals surface area (Å²) in [6, 6.07) is 4.75. The summed E-state index contributed by atoms with van der Waals surface area (Å²) in [4.78, 5) is 22.8. The molecule has 1 rings (SSSR count). The summed E-state index contributed by atoms with van der Waals surface area (Å²) < 4.78 is 5.06. The van der Waals surface area contributed by atoms with Gasteiger partial charge in [-0.15, -0.1) is 11.6 Å². The second-order valence-electron chi connectivity index (χ2n) is 3.33. The molecule has 0 spiro atoms. The smallest absolute Gasteiger partial charge is 0.325 e. The van der Waals surface area contributed by atoms with Gasteiger partial charge in [-0.3, -0.25) is 9.59 Å². The van der Waals surface area contributed by atoms with Crippen molar-refractivity contribution in [1.82, 2.24) is 5.32 Å². The van der Waals surface area contributed by atoms with Gasteiger partial charge >= 0.3 is 5.97 Å². The second-order valence-corrected chi connectivity index (χ2v) is 5.12. The van der Waals surface area contributed by atoms with Gasteiger partial charge in [0.25, 0.3) is 5.91 Å². The Hall–Kier alpha value is -0.780. The van der Waals surface area contributed by atoms with Crippen LogP contribution in [0.5, 0.6) is 0 Å². The first-order valence-electron chi connectivity index (χ1n) is 4.91. The first-order valence-corrected chi connectivity index (χ1v) is 6.51. The SMILES string of the molecule is COC(=O)C(Cl)CNC(=O)c1ccc(Cl)c(Br)c1. The van der Waals surface area contributed by atoms with Gasteiger partial charge in [-0.2, -0.15) is 0 Å². The molecule has 1 N–H and O–H groups in total. The van der Waals surface area contributed by atoms with Crippen molar-refractivity contribution < 1.29 is 14.3 Å². The van der Waals surface area contributed by atoms with E-state index in [1.165, 1.54) is 7.11 Å². The molecule has 0 fully saturated rings. The Kier molecular flexibility index (Phi) is 5.91. The van der Waals surface area contributed by atoms with Gasteiger partial charge in [-0.1, -0.05) is 11.6 Å². The van der Waals surface area contributed by atoms with E-state index in [1.54, 1.807) is 18.2 Å². The Morgan fingerprint density at radius 1 is 1.50 bits per heavy atom. The Morgan fingerprint density at radius 3 is 2.72 bits per heavy atom. The number of benzene rings is 1. The Balaban J connectivity index is 2.60. The molecule has 0 aromatic heterocycles. The predicted molar refractivity (Wildman–Crippen MR) is 73.1 cm³/mol. The van der Waals surface area contributed by atoms with Crippen LogP contribution in [0, 0.1) is 0 Å². The summed E-state index contributed by atoms with van der Waals surface area (Å²) in [5, 5.41) is 2.13. The van der Waals surface area contributed by atoms with E-state index in [9.17, 15) is 9.59 Å². The van der Waals surface area contributed by atoms with E-state index >= 15 is 0 Å². The lowest BCUT2D eigenvalue weighted by atomic mass is 10.2. The molecule has 0 heterocycles. The maximum Gasteiger partial charge on any atom is 0.325 e. The van der Waals surface area contributed by atoms with Crippen molar-refractivity contribution in [3.63, 3.8) is 0 Å². The first-order chi connectivity index (χ1) is 8.45. The Labute approximate surface area is 123 Å².